The van der Waals surface area contributed by atoms with Gasteiger partial charge in [0.2, 0.25) is 0 Å². The smallest absolute Gasteiger partial charge is 0.311 e. The SMILES string of the molecule is CC(C)CCn1nnnc1CC(=O)O. The molecule has 6 heteroatoms. The molecule has 0 aromatic carbocycles. The van der Waals surface area contributed by atoms with Crippen LogP contribution in [0.4, 0.5) is 0 Å². The van der Waals surface area contributed by atoms with Gasteiger partial charge in [-0.3, -0.25) is 4.79 Å². The fourth-order valence-corrected chi connectivity index (χ4v) is 1.04. The molecule has 0 aliphatic rings. The number of hydrogen-bond acceptors (Lipinski definition) is 4. The van der Waals surface area contributed by atoms with Gasteiger partial charge in [0.15, 0.2) is 5.82 Å². The highest BCUT2D eigenvalue weighted by Gasteiger charge is 2.10. The van der Waals surface area contributed by atoms with Crippen molar-refractivity contribution in [3.63, 3.8) is 0 Å². The lowest BCUT2D eigenvalue weighted by Gasteiger charge is -2.04. The molecule has 0 bridgehead atoms. The third kappa shape index (κ3) is 3.12. The van der Waals surface area contributed by atoms with Gasteiger partial charge < -0.3 is 5.11 Å². The first-order valence-electron chi connectivity index (χ1n) is 4.56. The van der Waals surface area contributed by atoms with E-state index in [2.05, 4.69) is 29.4 Å². The summed E-state index contributed by atoms with van der Waals surface area (Å²) in [5.41, 5.74) is 0. The Kier molecular flexibility index (Phi) is 3.55. The van der Waals surface area contributed by atoms with Gasteiger partial charge in [0.05, 0.1) is 0 Å². The fraction of sp³-hybridized carbons (Fsp3) is 0.750. The highest BCUT2D eigenvalue weighted by molar-refractivity contribution is 5.68. The van der Waals surface area contributed by atoms with E-state index in [1.54, 1.807) is 4.68 Å². The zero-order valence-corrected chi connectivity index (χ0v) is 8.34. The molecule has 0 atom stereocenters. The molecule has 0 amide bonds. The van der Waals surface area contributed by atoms with Gasteiger partial charge in [0.25, 0.3) is 0 Å². The van der Waals surface area contributed by atoms with Crippen LogP contribution in [0.2, 0.25) is 0 Å². The van der Waals surface area contributed by atoms with Crippen LogP contribution < -0.4 is 0 Å². The number of nitrogens with zero attached hydrogens (tertiary/aromatic N) is 4. The molecular formula is C8H14N4O2. The molecule has 0 saturated carbocycles. The minimum Gasteiger partial charge on any atom is -0.481 e. The number of carboxylic acid groups (broad SMARTS) is 1. The van der Waals surface area contributed by atoms with E-state index in [0.29, 0.717) is 18.3 Å². The van der Waals surface area contributed by atoms with Gasteiger partial charge in [-0.25, -0.2) is 4.68 Å². The predicted molar refractivity (Wildman–Crippen MR) is 48.6 cm³/mol. The van der Waals surface area contributed by atoms with Gasteiger partial charge in [-0.15, -0.1) is 5.10 Å². The lowest BCUT2D eigenvalue weighted by Crippen LogP contribution is -2.11. The van der Waals surface area contributed by atoms with E-state index in [-0.39, 0.29) is 6.42 Å². The lowest BCUT2D eigenvalue weighted by molar-refractivity contribution is -0.136. The van der Waals surface area contributed by atoms with Gasteiger partial charge >= 0.3 is 5.97 Å². The van der Waals surface area contributed by atoms with E-state index in [1.165, 1.54) is 0 Å². The molecule has 0 spiro atoms. The van der Waals surface area contributed by atoms with Gasteiger partial charge in [-0.1, -0.05) is 13.8 Å². The van der Waals surface area contributed by atoms with E-state index in [1.807, 2.05) is 0 Å². The van der Waals surface area contributed by atoms with Gasteiger partial charge in [-0.05, 0) is 22.8 Å². The first-order valence-corrected chi connectivity index (χ1v) is 4.56. The molecule has 78 valence electrons. The fourth-order valence-electron chi connectivity index (χ4n) is 1.04. The normalized spacial score (nSPS) is 10.8. The monoisotopic (exact) mass is 198 g/mol. The highest BCUT2D eigenvalue weighted by atomic mass is 16.4. The number of aromatic nitrogens is 4. The molecule has 1 N–H and O–H groups in total. The zero-order valence-electron chi connectivity index (χ0n) is 8.34. The van der Waals surface area contributed by atoms with Crippen LogP contribution in [-0.4, -0.2) is 31.3 Å². The molecule has 1 heterocycles. The van der Waals surface area contributed by atoms with Crippen LogP contribution in [-0.2, 0) is 17.8 Å². The standard InChI is InChI=1S/C8H14N4O2/c1-6(2)3-4-12-7(5-8(13)14)9-10-11-12/h6H,3-5H2,1-2H3,(H,13,14). The Morgan fingerprint density at radius 1 is 1.57 bits per heavy atom. The molecule has 0 saturated heterocycles. The summed E-state index contributed by atoms with van der Waals surface area (Å²) in [4.78, 5) is 10.4. The van der Waals surface area contributed by atoms with Crippen molar-refractivity contribution in [3.8, 4) is 0 Å². The van der Waals surface area contributed by atoms with Crippen LogP contribution >= 0.6 is 0 Å². The molecular weight excluding hydrogens is 184 g/mol. The van der Waals surface area contributed by atoms with Crippen molar-refractivity contribution >= 4 is 5.97 Å². The van der Waals surface area contributed by atoms with Gasteiger partial charge in [0.1, 0.15) is 6.42 Å². The Morgan fingerprint density at radius 2 is 2.29 bits per heavy atom. The summed E-state index contributed by atoms with van der Waals surface area (Å²) < 4.78 is 1.55. The summed E-state index contributed by atoms with van der Waals surface area (Å²) in [6.07, 6.45) is 0.822. The van der Waals surface area contributed by atoms with Gasteiger partial charge in [-0.2, -0.15) is 0 Å². The van der Waals surface area contributed by atoms with Crippen molar-refractivity contribution in [2.24, 2.45) is 5.92 Å². The van der Waals surface area contributed by atoms with E-state index in [4.69, 9.17) is 5.11 Å². The van der Waals surface area contributed by atoms with Crippen molar-refractivity contribution in [3.05, 3.63) is 5.82 Å². The maximum Gasteiger partial charge on any atom is 0.311 e. The molecule has 1 aromatic heterocycles. The summed E-state index contributed by atoms with van der Waals surface area (Å²) in [5, 5.41) is 19.4. The number of rotatable bonds is 5. The Balaban J connectivity index is 2.58. The highest BCUT2D eigenvalue weighted by Crippen LogP contribution is 2.03. The van der Waals surface area contributed by atoms with Crippen LogP contribution in [0.15, 0.2) is 0 Å². The Labute approximate surface area is 81.9 Å². The van der Waals surface area contributed by atoms with E-state index in [0.717, 1.165) is 6.42 Å². The summed E-state index contributed by atoms with van der Waals surface area (Å²) in [6, 6.07) is 0. The second-order valence-electron chi connectivity index (χ2n) is 3.57. The lowest BCUT2D eigenvalue weighted by atomic mass is 10.1. The summed E-state index contributed by atoms with van der Waals surface area (Å²) in [6.45, 7) is 4.87. The average molecular weight is 198 g/mol. The van der Waals surface area contributed by atoms with E-state index >= 15 is 0 Å². The molecule has 0 unspecified atom stereocenters. The molecule has 1 aromatic rings. The molecule has 0 aliphatic carbocycles. The van der Waals surface area contributed by atoms with Crippen molar-refractivity contribution in [2.45, 2.75) is 33.2 Å². The van der Waals surface area contributed by atoms with Crippen LogP contribution in [0, 0.1) is 5.92 Å². The third-order valence-corrected chi connectivity index (χ3v) is 1.83. The minimum absolute atomic E-state index is 0.120. The molecule has 0 fully saturated rings. The molecule has 1 rings (SSSR count). The molecule has 6 nitrogen and oxygen atoms in total. The molecule has 0 aliphatic heterocycles. The van der Waals surface area contributed by atoms with Crippen LogP contribution in [0.1, 0.15) is 26.1 Å². The third-order valence-electron chi connectivity index (χ3n) is 1.83. The quantitative estimate of drug-likeness (QED) is 0.738. The maximum absolute atomic E-state index is 10.4. The number of aryl methyl sites for hydroxylation is 1. The van der Waals surface area contributed by atoms with Gasteiger partial charge in [0, 0.05) is 6.54 Å². The number of tetrazole rings is 1. The van der Waals surface area contributed by atoms with Crippen molar-refractivity contribution in [1.82, 2.24) is 20.2 Å². The van der Waals surface area contributed by atoms with E-state index in [9.17, 15) is 4.79 Å². The molecule has 14 heavy (non-hydrogen) atoms. The molecule has 0 radical (unpaired) electrons. The topological polar surface area (TPSA) is 80.9 Å². The Morgan fingerprint density at radius 3 is 2.86 bits per heavy atom. The summed E-state index contributed by atoms with van der Waals surface area (Å²) in [7, 11) is 0. The van der Waals surface area contributed by atoms with Crippen molar-refractivity contribution < 1.29 is 9.90 Å². The second-order valence-corrected chi connectivity index (χ2v) is 3.57. The van der Waals surface area contributed by atoms with Crippen LogP contribution in [0.25, 0.3) is 0 Å². The zero-order chi connectivity index (χ0) is 10.6. The second kappa shape index (κ2) is 4.69. The van der Waals surface area contributed by atoms with Crippen LogP contribution in [0.5, 0.6) is 0 Å². The van der Waals surface area contributed by atoms with Crippen LogP contribution in [0.3, 0.4) is 0 Å². The Hall–Kier alpha value is -1.46. The predicted octanol–water partition coefficient (Wildman–Crippen LogP) is 0.346. The average Bonchev–Trinajstić information content (AvgIpc) is 2.47. The number of hydrogen-bond donors (Lipinski definition) is 1. The number of carboxylic acids is 1. The maximum atomic E-state index is 10.4. The number of aliphatic carboxylic acids is 1. The largest absolute Gasteiger partial charge is 0.481 e. The minimum atomic E-state index is -0.911. The summed E-state index contributed by atoms with van der Waals surface area (Å²) in [5.74, 6) is 0.0561. The number of carbonyl (C=O) groups is 1. The Bertz CT molecular complexity index is 308. The van der Waals surface area contributed by atoms with E-state index < -0.39 is 5.97 Å². The first kappa shape index (κ1) is 10.6. The van der Waals surface area contributed by atoms with Crippen molar-refractivity contribution in [2.75, 3.05) is 0 Å². The summed E-state index contributed by atoms with van der Waals surface area (Å²) >= 11 is 0. The van der Waals surface area contributed by atoms with Crippen molar-refractivity contribution in [1.29, 1.82) is 0 Å². The first-order chi connectivity index (χ1) is 6.59.